The Morgan fingerprint density at radius 2 is 2.33 bits per heavy atom. The summed E-state index contributed by atoms with van der Waals surface area (Å²) in [5.41, 5.74) is 1.33. The summed E-state index contributed by atoms with van der Waals surface area (Å²) in [5.74, 6) is 2.25. The van der Waals surface area contributed by atoms with E-state index in [1.54, 1.807) is 0 Å². The topological polar surface area (TPSA) is 21.3 Å². The van der Waals surface area contributed by atoms with Gasteiger partial charge >= 0.3 is 0 Å². The molecule has 2 atom stereocenters. The molecule has 0 aromatic heterocycles. The van der Waals surface area contributed by atoms with E-state index in [4.69, 9.17) is 4.74 Å². The normalized spacial score (nSPS) is 25.1. The molecule has 0 aliphatic carbocycles. The third-order valence-corrected chi connectivity index (χ3v) is 5.24. The van der Waals surface area contributed by atoms with Gasteiger partial charge in [-0.05, 0) is 57.2 Å². The van der Waals surface area contributed by atoms with Crippen molar-refractivity contribution in [1.82, 2.24) is 5.32 Å². The summed E-state index contributed by atoms with van der Waals surface area (Å²) in [6, 6.07) is 8.89. The standard InChI is InChI=1S/C15H23NOS/c1-4-17-13-8-5-7-12(11-13)14(16-3)15(2)9-6-10-18-15/h5,7-8,11,14,16H,4,6,9-10H2,1-3H3. The molecule has 2 unspecified atom stereocenters. The van der Waals surface area contributed by atoms with E-state index in [1.807, 2.05) is 13.0 Å². The van der Waals surface area contributed by atoms with Crippen LogP contribution in [-0.2, 0) is 0 Å². The van der Waals surface area contributed by atoms with Crippen molar-refractivity contribution in [3.8, 4) is 5.75 Å². The number of benzene rings is 1. The number of ether oxygens (including phenoxy) is 1. The smallest absolute Gasteiger partial charge is 0.119 e. The van der Waals surface area contributed by atoms with Crippen LogP contribution in [0.1, 0.15) is 38.3 Å². The molecule has 100 valence electrons. The Hall–Kier alpha value is -0.670. The summed E-state index contributed by atoms with van der Waals surface area (Å²) in [6.07, 6.45) is 2.60. The van der Waals surface area contributed by atoms with Gasteiger partial charge in [-0.2, -0.15) is 11.8 Å². The fourth-order valence-electron chi connectivity index (χ4n) is 2.80. The van der Waals surface area contributed by atoms with E-state index >= 15 is 0 Å². The van der Waals surface area contributed by atoms with Crippen LogP contribution in [0.25, 0.3) is 0 Å². The Balaban J connectivity index is 2.24. The minimum Gasteiger partial charge on any atom is -0.494 e. The van der Waals surface area contributed by atoms with Crippen LogP contribution in [-0.4, -0.2) is 24.2 Å². The lowest BCUT2D eigenvalue weighted by molar-refractivity contribution is 0.338. The van der Waals surface area contributed by atoms with Crippen LogP contribution in [0, 0.1) is 0 Å². The Kier molecular flexibility index (Phi) is 4.57. The number of thioether (sulfide) groups is 1. The van der Waals surface area contributed by atoms with E-state index in [2.05, 4.69) is 49.2 Å². The van der Waals surface area contributed by atoms with Crippen molar-refractivity contribution in [3.05, 3.63) is 29.8 Å². The molecule has 1 heterocycles. The molecule has 0 radical (unpaired) electrons. The number of nitrogens with one attached hydrogen (secondary N) is 1. The van der Waals surface area contributed by atoms with Gasteiger partial charge in [-0.15, -0.1) is 0 Å². The summed E-state index contributed by atoms with van der Waals surface area (Å²) in [5, 5.41) is 3.49. The minimum absolute atomic E-state index is 0.305. The van der Waals surface area contributed by atoms with Crippen molar-refractivity contribution in [2.45, 2.75) is 37.5 Å². The van der Waals surface area contributed by atoms with Crippen LogP contribution in [0.3, 0.4) is 0 Å². The summed E-state index contributed by atoms with van der Waals surface area (Å²) in [7, 11) is 2.06. The first-order valence-corrected chi connectivity index (χ1v) is 7.72. The van der Waals surface area contributed by atoms with Crippen molar-refractivity contribution >= 4 is 11.8 Å². The molecule has 0 amide bonds. The van der Waals surface area contributed by atoms with Gasteiger partial charge in [-0.1, -0.05) is 12.1 Å². The van der Waals surface area contributed by atoms with Crippen LogP contribution in [0.4, 0.5) is 0 Å². The van der Waals surface area contributed by atoms with E-state index in [0.717, 1.165) is 12.4 Å². The molecule has 1 aromatic carbocycles. The third-order valence-electron chi connectivity index (χ3n) is 3.65. The molecule has 18 heavy (non-hydrogen) atoms. The predicted octanol–water partition coefficient (Wildman–Crippen LogP) is 3.63. The quantitative estimate of drug-likeness (QED) is 0.878. The van der Waals surface area contributed by atoms with Gasteiger partial charge in [0, 0.05) is 10.8 Å². The van der Waals surface area contributed by atoms with Crippen LogP contribution in [0.2, 0.25) is 0 Å². The number of rotatable bonds is 5. The molecule has 3 heteroatoms. The maximum absolute atomic E-state index is 5.60. The third kappa shape index (κ3) is 2.83. The molecule has 1 aliphatic heterocycles. The maximum Gasteiger partial charge on any atom is 0.119 e. The molecule has 1 saturated heterocycles. The van der Waals surface area contributed by atoms with Gasteiger partial charge in [0.25, 0.3) is 0 Å². The van der Waals surface area contributed by atoms with E-state index in [-0.39, 0.29) is 0 Å². The predicted molar refractivity (Wildman–Crippen MR) is 79.5 cm³/mol. The monoisotopic (exact) mass is 265 g/mol. The Bertz CT molecular complexity index is 388. The van der Waals surface area contributed by atoms with Crippen LogP contribution >= 0.6 is 11.8 Å². The van der Waals surface area contributed by atoms with Crippen LogP contribution in [0.15, 0.2) is 24.3 Å². The SMILES string of the molecule is CCOc1cccc(C(NC)C2(C)CCCS2)c1. The molecule has 1 N–H and O–H groups in total. The molecule has 2 nitrogen and oxygen atoms in total. The molecule has 0 saturated carbocycles. The van der Waals surface area contributed by atoms with Gasteiger partial charge in [0.05, 0.1) is 6.61 Å². The lowest BCUT2D eigenvalue weighted by Crippen LogP contribution is -2.35. The molecule has 1 aromatic rings. The lowest BCUT2D eigenvalue weighted by atomic mass is 9.90. The van der Waals surface area contributed by atoms with Gasteiger partial charge in [0.1, 0.15) is 5.75 Å². The first-order valence-electron chi connectivity index (χ1n) is 6.73. The van der Waals surface area contributed by atoms with Crippen LogP contribution in [0.5, 0.6) is 5.75 Å². The van der Waals surface area contributed by atoms with Crippen molar-refractivity contribution < 1.29 is 4.74 Å². The summed E-state index contributed by atoms with van der Waals surface area (Å²) >= 11 is 2.09. The highest BCUT2D eigenvalue weighted by atomic mass is 32.2. The number of hydrogen-bond donors (Lipinski definition) is 1. The Morgan fingerprint density at radius 1 is 1.50 bits per heavy atom. The minimum atomic E-state index is 0.305. The first kappa shape index (κ1) is 13.8. The first-order chi connectivity index (χ1) is 8.69. The van der Waals surface area contributed by atoms with Gasteiger partial charge < -0.3 is 10.1 Å². The number of hydrogen-bond acceptors (Lipinski definition) is 3. The van der Waals surface area contributed by atoms with Gasteiger partial charge in [0.15, 0.2) is 0 Å². The maximum atomic E-state index is 5.60. The highest BCUT2D eigenvalue weighted by molar-refractivity contribution is 8.00. The second kappa shape index (κ2) is 5.98. The van der Waals surface area contributed by atoms with Crippen molar-refractivity contribution in [3.63, 3.8) is 0 Å². The molecule has 1 aliphatic rings. The van der Waals surface area contributed by atoms with Gasteiger partial charge in [-0.3, -0.25) is 0 Å². The Morgan fingerprint density at radius 3 is 2.94 bits per heavy atom. The van der Waals surface area contributed by atoms with E-state index in [9.17, 15) is 0 Å². The highest BCUT2D eigenvalue weighted by Gasteiger charge is 2.37. The zero-order chi connectivity index (χ0) is 13.0. The van der Waals surface area contributed by atoms with E-state index in [0.29, 0.717) is 10.8 Å². The van der Waals surface area contributed by atoms with Crippen molar-refractivity contribution in [1.29, 1.82) is 0 Å². The zero-order valence-electron chi connectivity index (χ0n) is 11.5. The average Bonchev–Trinajstić information content (AvgIpc) is 2.79. The largest absolute Gasteiger partial charge is 0.494 e. The zero-order valence-corrected chi connectivity index (χ0v) is 12.3. The molecule has 1 fully saturated rings. The van der Waals surface area contributed by atoms with Crippen LogP contribution < -0.4 is 10.1 Å². The highest BCUT2D eigenvalue weighted by Crippen LogP contribution is 2.46. The van der Waals surface area contributed by atoms with Crippen molar-refractivity contribution in [2.75, 3.05) is 19.4 Å². The van der Waals surface area contributed by atoms with Gasteiger partial charge in [0.2, 0.25) is 0 Å². The molecule has 0 spiro atoms. The Labute approximate surface area is 114 Å². The average molecular weight is 265 g/mol. The molecule has 2 rings (SSSR count). The lowest BCUT2D eigenvalue weighted by Gasteiger charge is -2.33. The fourth-order valence-corrected chi connectivity index (χ4v) is 4.27. The van der Waals surface area contributed by atoms with Crippen molar-refractivity contribution in [2.24, 2.45) is 0 Å². The fraction of sp³-hybridized carbons (Fsp3) is 0.600. The van der Waals surface area contributed by atoms with E-state index < -0.39 is 0 Å². The molecular weight excluding hydrogens is 242 g/mol. The summed E-state index contributed by atoms with van der Waals surface area (Å²) in [6.45, 7) is 5.12. The summed E-state index contributed by atoms with van der Waals surface area (Å²) < 4.78 is 5.91. The molecular formula is C15H23NOS. The second-order valence-electron chi connectivity index (χ2n) is 4.99. The molecule has 0 bridgehead atoms. The van der Waals surface area contributed by atoms with Gasteiger partial charge in [-0.25, -0.2) is 0 Å². The van der Waals surface area contributed by atoms with E-state index in [1.165, 1.54) is 24.2 Å². The second-order valence-corrected chi connectivity index (χ2v) is 6.62. The summed E-state index contributed by atoms with van der Waals surface area (Å²) in [4.78, 5) is 0.